The van der Waals surface area contributed by atoms with Crippen molar-refractivity contribution in [1.29, 1.82) is 0 Å². The van der Waals surface area contributed by atoms with E-state index < -0.39 is 0 Å². The van der Waals surface area contributed by atoms with Crippen LogP contribution in [0, 0.1) is 0 Å². The molecule has 0 atom stereocenters. The van der Waals surface area contributed by atoms with Gasteiger partial charge in [0.2, 0.25) is 0 Å². The Kier molecular flexibility index (Phi) is 3.49. The van der Waals surface area contributed by atoms with Crippen LogP contribution in [0.4, 0.5) is 4.39 Å². The predicted octanol–water partition coefficient (Wildman–Crippen LogP) is 2.70. The molecule has 0 saturated heterocycles. The Balaban J connectivity index is 3.62. The van der Waals surface area contributed by atoms with Crippen LogP contribution < -0.4 is 0 Å². The van der Waals surface area contributed by atoms with Crippen LogP contribution >= 0.6 is 0 Å². The van der Waals surface area contributed by atoms with Gasteiger partial charge < -0.3 is 0 Å². The van der Waals surface area contributed by atoms with Crippen molar-refractivity contribution >= 4 is 0 Å². The number of halogens is 1. The van der Waals surface area contributed by atoms with Gasteiger partial charge in [-0.05, 0) is 27.2 Å². The highest BCUT2D eigenvalue weighted by Crippen LogP contribution is 2.05. The predicted molar refractivity (Wildman–Crippen MR) is 34.6 cm³/mol. The summed E-state index contributed by atoms with van der Waals surface area (Å²) >= 11 is 0. The van der Waals surface area contributed by atoms with Gasteiger partial charge in [0.05, 0.1) is 6.67 Å². The van der Waals surface area contributed by atoms with E-state index in [0.29, 0.717) is 6.42 Å². The lowest BCUT2D eigenvalue weighted by atomic mass is 10.1. The van der Waals surface area contributed by atoms with Crippen LogP contribution in [0.1, 0.15) is 27.2 Å². The molecule has 0 aliphatic rings. The standard InChI is InChI=1S/C7H13F/c1-6(2)7(3)4-5-8/h4-5H2,1-3H3. The molecule has 8 heavy (non-hydrogen) atoms. The number of hydrogen-bond acceptors (Lipinski definition) is 0. The number of rotatable bonds is 2. The largest absolute Gasteiger partial charge is 0.251 e. The third-order valence-corrected chi connectivity index (χ3v) is 1.32. The summed E-state index contributed by atoms with van der Waals surface area (Å²) in [4.78, 5) is 0. The SMILES string of the molecule is CC(C)=C(C)CCF. The molecule has 0 rings (SSSR count). The van der Waals surface area contributed by atoms with Gasteiger partial charge in [0.15, 0.2) is 0 Å². The van der Waals surface area contributed by atoms with Crippen LogP contribution in [0.5, 0.6) is 0 Å². The molecule has 0 nitrogen and oxygen atoms in total. The molecule has 0 fully saturated rings. The fraction of sp³-hybridized carbons (Fsp3) is 0.714. The second-order valence-electron chi connectivity index (χ2n) is 2.22. The molecule has 0 radical (unpaired) electrons. The Bertz CT molecular complexity index is 88.6. The highest BCUT2D eigenvalue weighted by molar-refractivity contribution is 5.06. The summed E-state index contributed by atoms with van der Waals surface area (Å²) in [6.07, 6.45) is 0.600. The summed E-state index contributed by atoms with van der Waals surface area (Å²) < 4.78 is 11.6. The zero-order valence-corrected chi connectivity index (χ0v) is 5.79. The Hall–Kier alpha value is -0.330. The van der Waals surface area contributed by atoms with Gasteiger partial charge in [-0.2, -0.15) is 0 Å². The third-order valence-electron chi connectivity index (χ3n) is 1.32. The molecular formula is C7H13F. The van der Waals surface area contributed by atoms with Crippen LogP contribution in [-0.2, 0) is 0 Å². The first-order valence-electron chi connectivity index (χ1n) is 2.87. The van der Waals surface area contributed by atoms with Crippen molar-refractivity contribution in [3.8, 4) is 0 Å². The van der Waals surface area contributed by atoms with Crippen molar-refractivity contribution < 1.29 is 4.39 Å². The highest BCUT2D eigenvalue weighted by Gasteiger charge is 1.88. The van der Waals surface area contributed by atoms with E-state index in [1.165, 1.54) is 11.1 Å². The van der Waals surface area contributed by atoms with E-state index >= 15 is 0 Å². The zero-order chi connectivity index (χ0) is 6.57. The first-order chi connectivity index (χ1) is 3.68. The first kappa shape index (κ1) is 7.67. The fourth-order valence-corrected chi connectivity index (χ4v) is 0.392. The molecule has 0 aromatic carbocycles. The molecule has 0 unspecified atom stereocenters. The minimum Gasteiger partial charge on any atom is -0.251 e. The molecule has 0 amide bonds. The maximum atomic E-state index is 11.6. The Labute approximate surface area is 50.4 Å². The molecule has 0 aromatic rings. The van der Waals surface area contributed by atoms with Gasteiger partial charge >= 0.3 is 0 Å². The summed E-state index contributed by atoms with van der Waals surface area (Å²) in [7, 11) is 0. The third kappa shape index (κ3) is 2.78. The van der Waals surface area contributed by atoms with Crippen molar-refractivity contribution in [2.75, 3.05) is 6.67 Å². The molecule has 0 spiro atoms. The van der Waals surface area contributed by atoms with Crippen LogP contribution in [0.3, 0.4) is 0 Å². The molecule has 0 aliphatic carbocycles. The van der Waals surface area contributed by atoms with Gasteiger partial charge in [0.25, 0.3) is 0 Å². The molecule has 0 aromatic heterocycles. The fourth-order valence-electron chi connectivity index (χ4n) is 0.392. The molecule has 0 N–H and O–H groups in total. The van der Waals surface area contributed by atoms with Crippen molar-refractivity contribution in [2.45, 2.75) is 27.2 Å². The van der Waals surface area contributed by atoms with Crippen LogP contribution in [0.2, 0.25) is 0 Å². The van der Waals surface area contributed by atoms with E-state index in [9.17, 15) is 4.39 Å². The maximum absolute atomic E-state index is 11.6. The first-order valence-corrected chi connectivity index (χ1v) is 2.87. The van der Waals surface area contributed by atoms with Crippen molar-refractivity contribution in [3.05, 3.63) is 11.1 Å². The second kappa shape index (κ2) is 3.65. The Morgan fingerprint density at radius 2 is 1.75 bits per heavy atom. The van der Waals surface area contributed by atoms with Gasteiger partial charge in [0.1, 0.15) is 0 Å². The number of hydrogen-bond donors (Lipinski definition) is 0. The lowest BCUT2D eigenvalue weighted by molar-refractivity contribution is 0.493. The van der Waals surface area contributed by atoms with E-state index in [1.54, 1.807) is 0 Å². The van der Waals surface area contributed by atoms with E-state index in [2.05, 4.69) is 0 Å². The smallest absolute Gasteiger partial charge is 0.0931 e. The minimum absolute atomic E-state index is 0.225. The van der Waals surface area contributed by atoms with Crippen molar-refractivity contribution in [1.82, 2.24) is 0 Å². The van der Waals surface area contributed by atoms with Gasteiger partial charge in [-0.15, -0.1) is 0 Å². The minimum atomic E-state index is -0.225. The summed E-state index contributed by atoms with van der Waals surface area (Å²) in [5.41, 5.74) is 2.41. The topological polar surface area (TPSA) is 0 Å². The van der Waals surface area contributed by atoms with Gasteiger partial charge in [0, 0.05) is 0 Å². The van der Waals surface area contributed by atoms with E-state index in [-0.39, 0.29) is 6.67 Å². The van der Waals surface area contributed by atoms with Crippen molar-refractivity contribution in [3.63, 3.8) is 0 Å². The summed E-state index contributed by atoms with van der Waals surface area (Å²) in [5, 5.41) is 0. The monoisotopic (exact) mass is 116 g/mol. The highest BCUT2D eigenvalue weighted by atomic mass is 19.1. The lowest BCUT2D eigenvalue weighted by Crippen LogP contribution is -1.81. The number of alkyl halides is 1. The van der Waals surface area contributed by atoms with Crippen LogP contribution in [-0.4, -0.2) is 6.67 Å². The molecule has 0 bridgehead atoms. The van der Waals surface area contributed by atoms with Gasteiger partial charge in [-0.1, -0.05) is 11.1 Å². The van der Waals surface area contributed by atoms with Crippen LogP contribution in [0.25, 0.3) is 0 Å². The quantitative estimate of drug-likeness (QED) is 0.486. The Morgan fingerprint density at radius 1 is 1.25 bits per heavy atom. The summed E-state index contributed by atoms with van der Waals surface area (Å²) in [6.45, 7) is 5.75. The molecule has 48 valence electrons. The van der Waals surface area contributed by atoms with E-state index in [4.69, 9.17) is 0 Å². The molecular weight excluding hydrogens is 103 g/mol. The zero-order valence-electron chi connectivity index (χ0n) is 5.79. The molecule has 0 heterocycles. The van der Waals surface area contributed by atoms with Crippen LogP contribution in [0.15, 0.2) is 11.1 Å². The maximum Gasteiger partial charge on any atom is 0.0931 e. The molecule has 0 aliphatic heterocycles. The van der Waals surface area contributed by atoms with E-state index in [1.807, 2.05) is 20.8 Å². The Morgan fingerprint density at radius 3 is 1.88 bits per heavy atom. The van der Waals surface area contributed by atoms with Crippen molar-refractivity contribution in [2.24, 2.45) is 0 Å². The summed E-state index contributed by atoms with van der Waals surface area (Å²) in [6, 6.07) is 0. The molecule has 1 heteroatoms. The average Bonchev–Trinajstić information content (AvgIpc) is 1.67. The van der Waals surface area contributed by atoms with Gasteiger partial charge in [-0.25, -0.2) is 0 Å². The normalized spacial score (nSPS) is 9.00. The van der Waals surface area contributed by atoms with E-state index in [0.717, 1.165) is 0 Å². The lowest BCUT2D eigenvalue weighted by Gasteiger charge is -1.96. The summed E-state index contributed by atoms with van der Waals surface area (Å²) in [5.74, 6) is 0. The average molecular weight is 116 g/mol. The van der Waals surface area contributed by atoms with Gasteiger partial charge in [-0.3, -0.25) is 4.39 Å². The second-order valence-corrected chi connectivity index (χ2v) is 2.22. The molecule has 0 saturated carbocycles. The number of allylic oxidation sites excluding steroid dienone is 2.